The molecule has 0 bridgehead atoms. The highest BCUT2D eigenvalue weighted by atomic mass is 14.9. The van der Waals surface area contributed by atoms with Gasteiger partial charge in [-0.15, -0.1) is 0 Å². The van der Waals surface area contributed by atoms with E-state index in [0.29, 0.717) is 0 Å². The molecule has 0 amide bonds. The van der Waals surface area contributed by atoms with Crippen molar-refractivity contribution in [2.24, 2.45) is 0 Å². The Morgan fingerprint density at radius 1 is 1.20 bits per heavy atom. The van der Waals surface area contributed by atoms with E-state index in [4.69, 9.17) is 5.73 Å². The molecule has 3 heteroatoms. The molecule has 3 nitrogen and oxygen atoms in total. The minimum atomic E-state index is 0.766. The maximum atomic E-state index is 5.77. The molecule has 0 spiro atoms. The Balaban J connectivity index is 2.58. The van der Waals surface area contributed by atoms with E-state index in [9.17, 15) is 0 Å². The Hall–Kier alpha value is -1.77. The molecule has 1 heterocycles. The molecule has 0 saturated carbocycles. The summed E-state index contributed by atoms with van der Waals surface area (Å²) in [5.41, 5.74) is 10.9. The molecule has 0 aliphatic carbocycles. The lowest BCUT2D eigenvalue weighted by Crippen LogP contribution is -1.90. The average Bonchev–Trinajstić information content (AvgIpc) is 2.51. The van der Waals surface area contributed by atoms with E-state index in [-0.39, 0.29) is 0 Å². The molecule has 1 aromatic heterocycles. The van der Waals surface area contributed by atoms with Gasteiger partial charge in [0.15, 0.2) is 0 Å². The topological polar surface area (TPSA) is 54.7 Å². The van der Waals surface area contributed by atoms with Gasteiger partial charge < -0.3 is 10.7 Å². The van der Waals surface area contributed by atoms with E-state index < -0.39 is 0 Å². The number of hydrogen-bond donors (Lipinski definition) is 2. The molecule has 0 unspecified atom stereocenters. The van der Waals surface area contributed by atoms with Crippen LogP contribution < -0.4 is 5.73 Å². The predicted octanol–water partition coefficient (Wildman–Crippen LogP) is 2.58. The van der Waals surface area contributed by atoms with E-state index in [0.717, 1.165) is 28.5 Å². The third-order valence-corrected chi connectivity index (χ3v) is 2.64. The molecule has 0 fully saturated rings. The van der Waals surface area contributed by atoms with Gasteiger partial charge >= 0.3 is 0 Å². The van der Waals surface area contributed by atoms with Crippen LogP contribution in [0.2, 0.25) is 0 Å². The van der Waals surface area contributed by atoms with Crippen LogP contribution in [0.4, 0.5) is 5.69 Å². The molecule has 15 heavy (non-hydrogen) atoms. The zero-order chi connectivity index (χ0) is 11.0. The summed E-state index contributed by atoms with van der Waals surface area (Å²) in [6.07, 6.45) is 0. The standard InChI is InChI=1S/C12H15N3/c1-7-4-5-10(13)6-11(7)12-14-8(2)9(3)15-12/h4-6H,13H2,1-3H3,(H,14,15). The molecule has 1 aromatic carbocycles. The van der Waals surface area contributed by atoms with Crippen LogP contribution in [-0.4, -0.2) is 9.97 Å². The van der Waals surface area contributed by atoms with Crippen LogP contribution >= 0.6 is 0 Å². The first kappa shape index (κ1) is 9.77. The first-order chi connectivity index (χ1) is 7.08. The van der Waals surface area contributed by atoms with Gasteiger partial charge in [-0.25, -0.2) is 4.98 Å². The summed E-state index contributed by atoms with van der Waals surface area (Å²) in [4.78, 5) is 7.73. The number of nitrogens with zero attached hydrogens (tertiary/aromatic N) is 1. The van der Waals surface area contributed by atoms with Gasteiger partial charge in [-0.1, -0.05) is 6.07 Å². The van der Waals surface area contributed by atoms with Crippen molar-refractivity contribution in [2.75, 3.05) is 5.73 Å². The zero-order valence-corrected chi connectivity index (χ0v) is 9.26. The fourth-order valence-corrected chi connectivity index (χ4v) is 1.57. The van der Waals surface area contributed by atoms with Crippen LogP contribution in [0, 0.1) is 20.8 Å². The van der Waals surface area contributed by atoms with E-state index >= 15 is 0 Å². The number of nitrogens with one attached hydrogen (secondary N) is 1. The Bertz CT molecular complexity index is 478. The van der Waals surface area contributed by atoms with Crippen LogP contribution in [0.3, 0.4) is 0 Å². The van der Waals surface area contributed by atoms with Crippen molar-refractivity contribution in [3.8, 4) is 11.4 Å². The largest absolute Gasteiger partial charge is 0.399 e. The van der Waals surface area contributed by atoms with Crippen LogP contribution in [-0.2, 0) is 0 Å². The lowest BCUT2D eigenvalue weighted by Gasteiger charge is -2.03. The number of aromatic amines is 1. The third kappa shape index (κ3) is 1.73. The number of nitrogens with two attached hydrogens (primary N) is 1. The summed E-state index contributed by atoms with van der Waals surface area (Å²) in [6.45, 7) is 6.08. The SMILES string of the molecule is Cc1ccc(N)cc1-c1nc(C)c(C)[nH]1. The normalized spacial score (nSPS) is 10.6. The minimum absolute atomic E-state index is 0.766. The molecule has 0 aliphatic rings. The van der Waals surface area contributed by atoms with Gasteiger partial charge in [-0.3, -0.25) is 0 Å². The van der Waals surface area contributed by atoms with E-state index in [1.807, 2.05) is 32.0 Å². The van der Waals surface area contributed by atoms with Gasteiger partial charge in [-0.05, 0) is 38.5 Å². The predicted molar refractivity (Wildman–Crippen MR) is 62.6 cm³/mol. The second-order valence-electron chi connectivity index (χ2n) is 3.87. The Morgan fingerprint density at radius 2 is 1.93 bits per heavy atom. The van der Waals surface area contributed by atoms with Crippen LogP contribution in [0.25, 0.3) is 11.4 Å². The summed E-state index contributed by atoms with van der Waals surface area (Å²) >= 11 is 0. The van der Waals surface area contributed by atoms with Gasteiger partial charge in [0, 0.05) is 16.9 Å². The number of nitrogen functional groups attached to an aromatic ring is 1. The summed E-state index contributed by atoms with van der Waals surface area (Å²) in [6, 6.07) is 5.87. The molecule has 0 radical (unpaired) electrons. The van der Waals surface area contributed by atoms with Crippen LogP contribution in [0.5, 0.6) is 0 Å². The number of aromatic nitrogens is 2. The van der Waals surface area contributed by atoms with Crippen molar-refractivity contribution in [1.29, 1.82) is 0 Å². The molecular weight excluding hydrogens is 186 g/mol. The monoisotopic (exact) mass is 201 g/mol. The first-order valence-corrected chi connectivity index (χ1v) is 4.97. The lowest BCUT2D eigenvalue weighted by atomic mass is 10.1. The Kier molecular flexibility index (Phi) is 2.23. The van der Waals surface area contributed by atoms with Crippen LogP contribution in [0.1, 0.15) is 17.0 Å². The first-order valence-electron chi connectivity index (χ1n) is 4.97. The smallest absolute Gasteiger partial charge is 0.138 e. The molecule has 0 atom stereocenters. The summed E-state index contributed by atoms with van der Waals surface area (Å²) in [5.74, 6) is 0.898. The Labute approximate surface area is 89.4 Å². The lowest BCUT2D eigenvalue weighted by molar-refractivity contribution is 1.22. The maximum Gasteiger partial charge on any atom is 0.138 e. The number of rotatable bonds is 1. The highest BCUT2D eigenvalue weighted by Gasteiger charge is 2.07. The second kappa shape index (κ2) is 3.42. The molecule has 78 valence electrons. The number of aryl methyl sites for hydroxylation is 3. The molecule has 2 aromatic rings. The quantitative estimate of drug-likeness (QED) is 0.697. The molecule has 0 aliphatic heterocycles. The van der Waals surface area contributed by atoms with Crippen LogP contribution in [0.15, 0.2) is 18.2 Å². The van der Waals surface area contributed by atoms with E-state index in [1.165, 1.54) is 5.56 Å². The fraction of sp³-hybridized carbons (Fsp3) is 0.250. The van der Waals surface area contributed by atoms with Gasteiger partial charge in [-0.2, -0.15) is 0 Å². The van der Waals surface area contributed by atoms with Gasteiger partial charge in [0.1, 0.15) is 5.82 Å². The van der Waals surface area contributed by atoms with Crippen molar-refractivity contribution in [1.82, 2.24) is 9.97 Å². The number of imidazole rings is 1. The summed E-state index contributed by atoms with van der Waals surface area (Å²) in [5, 5.41) is 0. The number of H-pyrrole nitrogens is 1. The average molecular weight is 201 g/mol. The van der Waals surface area contributed by atoms with Gasteiger partial charge in [0.25, 0.3) is 0 Å². The fourth-order valence-electron chi connectivity index (χ4n) is 1.57. The maximum absolute atomic E-state index is 5.77. The van der Waals surface area contributed by atoms with Gasteiger partial charge in [0.2, 0.25) is 0 Å². The molecule has 0 saturated heterocycles. The second-order valence-corrected chi connectivity index (χ2v) is 3.87. The summed E-state index contributed by atoms with van der Waals surface area (Å²) < 4.78 is 0. The summed E-state index contributed by atoms with van der Waals surface area (Å²) in [7, 11) is 0. The molecule has 2 rings (SSSR count). The van der Waals surface area contributed by atoms with E-state index in [2.05, 4.69) is 16.9 Å². The van der Waals surface area contributed by atoms with E-state index in [1.54, 1.807) is 0 Å². The third-order valence-electron chi connectivity index (χ3n) is 2.64. The molecular formula is C12H15N3. The van der Waals surface area contributed by atoms with Crippen molar-refractivity contribution >= 4 is 5.69 Å². The highest BCUT2D eigenvalue weighted by Crippen LogP contribution is 2.23. The molecule has 3 N–H and O–H groups in total. The number of hydrogen-bond acceptors (Lipinski definition) is 2. The Morgan fingerprint density at radius 3 is 2.53 bits per heavy atom. The van der Waals surface area contributed by atoms with Crippen molar-refractivity contribution < 1.29 is 0 Å². The van der Waals surface area contributed by atoms with Crippen molar-refractivity contribution in [3.05, 3.63) is 35.2 Å². The number of anilines is 1. The zero-order valence-electron chi connectivity index (χ0n) is 9.26. The van der Waals surface area contributed by atoms with Crippen molar-refractivity contribution in [3.63, 3.8) is 0 Å². The minimum Gasteiger partial charge on any atom is -0.399 e. The van der Waals surface area contributed by atoms with Gasteiger partial charge in [0.05, 0.1) is 5.69 Å². The number of benzene rings is 1. The highest BCUT2D eigenvalue weighted by molar-refractivity contribution is 5.65. The van der Waals surface area contributed by atoms with Crippen molar-refractivity contribution in [2.45, 2.75) is 20.8 Å².